The molecule has 3 rings (SSSR count). The summed E-state index contributed by atoms with van der Waals surface area (Å²) >= 11 is 5.91. The molecule has 0 bridgehead atoms. The molecule has 0 aromatic carbocycles. The van der Waals surface area contributed by atoms with E-state index in [4.69, 9.17) is 16.3 Å². The summed E-state index contributed by atoms with van der Waals surface area (Å²) in [5, 5.41) is 7.93. The van der Waals surface area contributed by atoms with E-state index < -0.39 is 0 Å². The SMILES string of the molecule is Clc1nc(N2CCCOCC2)c2cn[nH]c2n1. The van der Waals surface area contributed by atoms with Crippen molar-refractivity contribution in [1.82, 2.24) is 20.2 Å². The van der Waals surface area contributed by atoms with Crippen molar-refractivity contribution in [2.45, 2.75) is 6.42 Å². The first-order valence-corrected chi connectivity index (χ1v) is 5.92. The predicted octanol–water partition coefficient (Wildman–Crippen LogP) is 1.23. The molecule has 1 aliphatic rings. The quantitative estimate of drug-likeness (QED) is 0.775. The minimum Gasteiger partial charge on any atom is -0.380 e. The largest absolute Gasteiger partial charge is 0.380 e. The van der Waals surface area contributed by atoms with E-state index in [9.17, 15) is 0 Å². The summed E-state index contributed by atoms with van der Waals surface area (Å²) in [4.78, 5) is 10.6. The monoisotopic (exact) mass is 253 g/mol. The Kier molecular flexibility index (Phi) is 2.82. The molecule has 2 aromatic rings. The molecule has 90 valence electrons. The smallest absolute Gasteiger partial charge is 0.226 e. The van der Waals surface area contributed by atoms with Gasteiger partial charge in [0.1, 0.15) is 5.82 Å². The predicted molar refractivity (Wildman–Crippen MR) is 64.3 cm³/mol. The highest BCUT2D eigenvalue weighted by Crippen LogP contribution is 2.24. The van der Waals surface area contributed by atoms with Crippen LogP contribution in [0.2, 0.25) is 5.28 Å². The summed E-state index contributed by atoms with van der Waals surface area (Å²) in [6, 6.07) is 0. The molecule has 7 heteroatoms. The standard InChI is InChI=1S/C10H12ClN5O/c11-10-13-8-7(6-12-15-8)9(14-10)16-2-1-4-17-5-3-16/h6H,1-5H2,(H,12,13,14,15). The van der Waals surface area contributed by atoms with Gasteiger partial charge < -0.3 is 9.64 Å². The molecule has 6 nitrogen and oxygen atoms in total. The van der Waals surface area contributed by atoms with Gasteiger partial charge in [0.2, 0.25) is 5.28 Å². The van der Waals surface area contributed by atoms with Gasteiger partial charge in [0.15, 0.2) is 5.65 Å². The van der Waals surface area contributed by atoms with E-state index in [1.165, 1.54) is 0 Å². The number of hydrogen-bond donors (Lipinski definition) is 1. The highest BCUT2D eigenvalue weighted by atomic mass is 35.5. The molecule has 0 spiro atoms. The van der Waals surface area contributed by atoms with Crippen molar-refractivity contribution in [2.75, 3.05) is 31.2 Å². The summed E-state index contributed by atoms with van der Waals surface area (Å²) in [7, 11) is 0. The topological polar surface area (TPSA) is 66.9 Å². The number of halogens is 1. The number of aromatic amines is 1. The number of aromatic nitrogens is 4. The van der Waals surface area contributed by atoms with Crippen molar-refractivity contribution in [2.24, 2.45) is 0 Å². The fraction of sp³-hybridized carbons (Fsp3) is 0.500. The third-order valence-corrected chi connectivity index (χ3v) is 2.95. The first-order chi connectivity index (χ1) is 8.34. The molecule has 0 atom stereocenters. The fourth-order valence-corrected chi connectivity index (χ4v) is 2.16. The van der Waals surface area contributed by atoms with Crippen LogP contribution >= 0.6 is 11.6 Å². The lowest BCUT2D eigenvalue weighted by molar-refractivity contribution is 0.152. The Labute approximate surface area is 103 Å². The number of fused-ring (bicyclic) bond motifs is 1. The molecule has 0 radical (unpaired) electrons. The van der Waals surface area contributed by atoms with E-state index in [0.29, 0.717) is 12.3 Å². The molecule has 1 aliphatic heterocycles. The minimum atomic E-state index is 0.238. The zero-order valence-electron chi connectivity index (χ0n) is 9.19. The van der Waals surface area contributed by atoms with Gasteiger partial charge in [-0.2, -0.15) is 15.1 Å². The maximum Gasteiger partial charge on any atom is 0.226 e. The van der Waals surface area contributed by atoms with Gasteiger partial charge >= 0.3 is 0 Å². The van der Waals surface area contributed by atoms with Crippen molar-refractivity contribution >= 4 is 28.5 Å². The Bertz CT molecular complexity index is 520. The van der Waals surface area contributed by atoms with Crippen molar-refractivity contribution < 1.29 is 4.74 Å². The zero-order valence-corrected chi connectivity index (χ0v) is 9.94. The van der Waals surface area contributed by atoms with Crippen LogP contribution in [0.5, 0.6) is 0 Å². The Balaban J connectivity index is 2.05. The number of H-pyrrole nitrogens is 1. The second kappa shape index (κ2) is 4.46. The van der Waals surface area contributed by atoms with Gasteiger partial charge in [0, 0.05) is 19.7 Å². The van der Waals surface area contributed by atoms with E-state index in [-0.39, 0.29) is 5.28 Å². The second-order valence-corrected chi connectivity index (χ2v) is 4.24. The van der Waals surface area contributed by atoms with Gasteiger partial charge in [-0.1, -0.05) is 0 Å². The summed E-state index contributed by atoms with van der Waals surface area (Å²) in [6.45, 7) is 3.23. The molecule has 2 aromatic heterocycles. The average molecular weight is 254 g/mol. The highest BCUT2D eigenvalue weighted by Gasteiger charge is 2.16. The molecule has 1 saturated heterocycles. The van der Waals surface area contributed by atoms with Crippen molar-refractivity contribution in [3.63, 3.8) is 0 Å². The van der Waals surface area contributed by atoms with Crippen LogP contribution in [0.15, 0.2) is 6.20 Å². The maximum absolute atomic E-state index is 5.91. The Morgan fingerprint density at radius 3 is 3.18 bits per heavy atom. The number of hydrogen-bond acceptors (Lipinski definition) is 5. The zero-order chi connectivity index (χ0) is 11.7. The molecule has 1 fully saturated rings. The van der Waals surface area contributed by atoms with Crippen LogP contribution in [0.4, 0.5) is 5.82 Å². The summed E-state index contributed by atoms with van der Waals surface area (Å²) in [5.41, 5.74) is 0.671. The lowest BCUT2D eigenvalue weighted by Crippen LogP contribution is -2.27. The van der Waals surface area contributed by atoms with Crippen LogP contribution in [0, 0.1) is 0 Å². The minimum absolute atomic E-state index is 0.238. The lowest BCUT2D eigenvalue weighted by atomic mass is 10.3. The van der Waals surface area contributed by atoms with Crippen LogP contribution in [-0.2, 0) is 4.74 Å². The molecule has 0 aliphatic carbocycles. The van der Waals surface area contributed by atoms with Crippen molar-refractivity contribution in [1.29, 1.82) is 0 Å². The fourth-order valence-electron chi connectivity index (χ4n) is 1.99. The third kappa shape index (κ3) is 2.05. The van der Waals surface area contributed by atoms with Crippen LogP contribution in [0.25, 0.3) is 11.0 Å². The normalized spacial score (nSPS) is 17.4. The summed E-state index contributed by atoms with van der Waals surface area (Å²) in [6.07, 6.45) is 2.72. The summed E-state index contributed by atoms with van der Waals surface area (Å²) < 4.78 is 5.43. The van der Waals surface area contributed by atoms with Crippen LogP contribution < -0.4 is 4.90 Å². The van der Waals surface area contributed by atoms with Gasteiger partial charge in [-0.25, -0.2) is 0 Å². The average Bonchev–Trinajstić information content (AvgIpc) is 2.62. The van der Waals surface area contributed by atoms with Crippen LogP contribution in [0.3, 0.4) is 0 Å². The van der Waals surface area contributed by atoms with Gasteiger partial charge in [-0.3, -0.25) is 5.10 Å². The highest BCUT2D eigenvalue weighted by molar-refractivity contribution is 6.28. The third-order valence-electron chi connectivity index (χ3n) is 2.78. The Hall–Kier alpha value is -1.40. The molecule has 17 heavy (non-hydrogen) atoms. The van der Waals surface area contributed by atoms with Crippen LogP contribution in [-0.4, -0.2) is 46.5 Å². The van der Waals surface area contributed by atoms with Crippen molar-refractivity contribution in [3.8, 4) is 0 Å². The number of rotatable bonds is 1. The molecular formula is C10H12ClN5O. The first-order valence-electron chi connectivity index (χ1n) is 5.54. The van der Waals surface area contributed by atoms with Gasteiger partial charge in [-0.05, 0) is 18.0 Å². The molecule has 1 N–H and O–H groups in total. The van der Waals surface area contributed by atoms with E-state index in [2.05, 4.69) is 25.1 Å². The molecule has 0 amide bonds. The number of nitrogens with one attached hydrogen (secondary N) is 1. The first kappa shape index (κ1) is 10.7. The van der Waals surface area contributed by atoms with Gasteiger partial charge in [0.05, 0.1) is 18.2 Å². The molecular weight excluding hydrogens is 242 g/mol. The molecule has 3 heterocycles. The van der Waals surface area contributed by atoms with Gasteiger partial charge in [0.25, 0.3) is 0 Å². The van der Waals surface area contributed by atoms with Gasteiger partial charge in [-0.15, -0.1) is 0 Å². The Morgan fingerprint density at radius 1 is 1.29 bits per heavy atom. The Morgan fingerprint density at radius 2 is 2.24 bits per heavy atom. The van der Waals surface area contributed by atoms with E-state index in [1.54, 1.807) is 6.20 Å². The number of ether oxygens (including phenoxy) is 1. The van der Waals surface area contributed by atoms with E-state index in [1.807, 2.05) is 0 Å². The van der Waals surface area contributed by atoms with Crippen molar-refractivity contribution in [3.05, 3.63) is 11.5 Å². The van der Waals surface area contributed by atoms with E-state index in [0.717, 1.165) is 37.3 Å². The molecule has 0 unspecified atom stereocenters. The van der Waals surface area contributed by atoms with Crippen LogP contribution in [0.1, 0.15) is 6.42 Å². The second-order valence-electron chi connectivity index (χ2n) is 3.90. The maximum atomic E-state index is 5.91. The number of anilines is 1. The summed E-state index contributed by atoms with van der Waals surface area (Å²) in [5.74, 6) is 0.833. The lowest BCUT2D eigenvalue weighted by Gasteiger charge is -2.21. The number of nitrogens with zero attached hydrogens (tertiary/aromatic N) is 4. The van der Waals surface area contributed by atoms with E-state index >= 15 is 0 Å². The molecule has 0 saturated carbocycles.